The second kappa shape index (κ2) is 6.21. The highest BCUT2D eigenvalue weighted by Gasteiger charge is 2.26. The van der Waals surface area contributed by atoms with E-state index in [-0.39, 0.29) is 17.9 Å². The van der Waals surface area contributed by atoms with E-state index in [1.165, 1.54) is 0 Å². The van der Waals surface area contributed by atoms with Crippen LogP contribution in [0.15, 0.2) is 0 Å². The summed E-state index contributed by atoms with van der Waals surface area (Å²) in [5.41, 5.74) is 4.55. The Kier molecular flexibility index (Phi) is 5.97. The van der Waals surface area contributed by atoms with Crippen molar-refractivity contribution in [3.8, 4) is 0 Å². The molecule has 0 fully saturated rings. The highest BCUT2D eigenvalue weighted by atomic mass is 16.5. The third-order valence-corrected chi connectivity index (χ3v) is 3.00. The molecule has 4 nitrogen and oxygen atoms in total. The summed E-state index contributed by atoms with van der Waals surface area (Å²) in [5, 5.41) is 0. The summed E-state index contributed by atoms with van der Waals surface area (Å²) in [6.07, 6.45) is 1.82. The molecule has 0 radical (unpaired) electrons. The van der Waals surface area contributed by atoms with Crippen LogP contribution in [0.2, 0.25) is 0 Å². The maximum Gasteiger partial charge on any atom is 0.220 e. The van der Waals surface area contributed by atoms with Crippen molar-refractivity contribution in [1.29, 1.82) is 0 Å². The van der Waals surface area contributed by atoms with Crippen molar-refractivity contribution in [2.45, 2.75) is 58.2 Å². The molecule has 0 rings (SSSR count). The van der Waals surface area contributed by atoms with Gasteiger partial charge in [0.1, 0.15) is 0 Å². The largest absolute Gasteiger partial charge is 0.379 e. The molecule has 1 amide bonds. The van der Waals surface area contributed by atoms with Crippen LogP contribution in [0, 0.1) is 0 Å². The average molecular weight is 231 g/mol. The number of hydrogen-bond acceptors (Lipinski definition) is 3. The fourth-order valence-corrected chi connectivity index (χ4v) is 1.29. The maximum absolute atomic E-state index is 10.9. The molecule has 0 aliphatic heterocycles. The lowest BCUT2D eigenvalue weighted by Gasteiger charge is -2.30. The van der Waals surface area contributed by atoms with Crippen LogP contribution in [0.25, 0.3) is 0 Å². The number of rotatable bonds is 8. The summed E-state index contributed by atoms with van der Waals surface area (Å²) in [7, 11) is 1.68. The molecular formula is C12H25NO3. The summed E-state index contributed by atoms with van der Waals surface area (Å²) in [4.78, 5) is 10.9. The topological polar surface area (TPSA) is 61.6 Å². The summed E-state index contributed by atoms with van der Waals surface area (Å²) in [6, 6.07) is 0. The molecule has 2 N–H and O–H groups in total. The van der Waals surface area contributed by atoms with Gasteiger partial charge in [0.15, 0.2) is 0 Å². The maximum atomic E-state index is 10.9. The fourth-order valence-electron chi connectivity index (χ4n) is 1.29. The van der Waals surface area contributed by atoms with Crippen molar-refractivity contribution in [2.75, 3.05) is 13.7 Å². The van der Waals surface area contributed by atoms with Crippen molar-refractivity contribution in [2.24, 2.45) is 5.73 Å². The zero-order valence-electron chi connectivity index (χ0n) is 11.1. The van der Waals surface area contributed by atoms with Gasteiger partial charge in [-0.2, -0.15) is 0 Å². The Hall–Kier alpha value is -0.610. The lowest BCUT2D eigenvalue weighted by Crippen LogP contribution is -2.35. The second-order valence-corrected chi connectivity index (χ2v) is 5.01. The Labute approximate surface area is 98.5 Å². The minimum absolute atomic E-state index is 0.193. The first-order chi connectivity index (χ1) is 7.24. The molecule has 0 aromatic carbocycles. The molecule has 1 unspecified atom stereocenters. The van der Waals surface area contributed by atoms with E-state index >= 15 is 0 Å². The normalized spacial score (nSPS) is 15.8. The third-order valence-electron chi connectivity index (χ3n) is 3.00. The highest BCUT2D eigenvalue weighted by Crippen LogP contribution is 2.22. The van der Waals surface area contributed by atoms with E-state index in [9.17, 15) is 4.79 Å². The first-order valence-electron chi connectivity index (χ1n) is 5.72. The van der Waals surface area contributed by atoms with Crippen molar-refractivity contribution in [3.63, 3.8) is 0 Å². The Balaban J connectivity index is 4.10. The van der Waals surface area contributed by atoms with Crippen LogP contribution in [0.1, 0.15) is 47.0 Å². The molecule has 96 valence electrons. The number of ether oxygens (including phenoxy) is 2. The monoisotopic (exact) mass is 231 g/mol. The third kappa shape index (κ3) is 6.08. The molecule has 1 atom stereocenters. The first-order valence-corrected chi connectivity index (χ1v) is 5.72. The Morgan fingerprint density at radius 1 is 1.31 bits per heavy atom. The van der Waals surface area contributed by atoms with Gasteiger partial charge < -0.3 is 15.2 Å². The Morgan fingerprint density at radius 2 is 1.88 bits per heavy atom. The van der Waals surface area contributed by atoms with Gasteiger partial charge in [0, 0.05) is 7.11 Å². The summed E-state index contributed by atoms with van der Waals surface area (Å²) in [5.74, 6) is -0.324. The van der Waals surface area contributed by atoms with E-state index in [1.54, 1.807) is 7.11 Å². The van der Waals surface area contributed by atoms with E-state index < -0.39 is 5.60 Å². The van der Waals surface area contributed by atoms with Gasteiger partial charge in [-0.3, -0.25) is 4.79 Å². The van der Waals surface area contributed by atoms with Crippen LogP contribution < -0.4 is 5.73 Å². The molecule has 0 heterocycles. The molecule has 0 aliphatic rings. The van der Waals surface area contributed by atoms with E-state index in [0.717, 1.165) is 12.8 Å². The van der Waals surface area contributed by atoms with E-state index in [1.807, 2.05) is 27.7 Å². The molecule has 0 saturated carbocycles. The van der Waals surface area contributed by atoms with Gasteiger partial charge in [0.05, 0.1) is 24.2 Å². The predicted octanol–water partition coefficient (Wildman–Crippen LogP) is 1.86. The zero-order chi connectivity index (χ0) is 12.8. The molecule has 0 aromatic rings. The smallest absolute Gasteiger partial charge is 0.220 e. The molecule has 4 heteroatoms. The van der Waals surface area contributed by atoms with Crippen molar-refractivity contribution < 1.29 is 14.3 Å². The standard InChI is InChI=1S/C12H25NO3/c1-6-12(4,9-10(13)14)16-8-7-11(2,3)15-5/h6-9H2,1-5H3,(H2,13,14). The average Bonchev–Trinajstić information content (AvgIpc) is 2.16. The van der Waals surface area contributed by atoms with E-state index in [2.05, 4.69) is 0 Å². The van der Waals surface area contributed by atoms with Gasteiger partial charge in [0.2, 0.25) is 5.91 Å². The first kappa shape index (κ1) is 15.4. The number of nitrogens with two attached hydrogens (primary N) is 1. The van der Waals surface area contributed by atoms with Crippen LogP contribution in [-0.4, -0.2) is 30.8 Å². The SMILES string of the molecule is CCC(C)(CC(N)=O)OCCC(C)(C)OC. The molecule has 0 aromatic heterocycles. The van der Waals surface area contributed by atoms with Crippen molar-refractivity contribution in [3.05, 3.63) is 0 Å². The molecule has 0 saturated heterocycles. The molecule has 0 aliphatic carbocycles. The predicted molar refractivity (Wildman–Crippen MR) is 64.2 cm³/mol. The van der Waals surface area contributed by atoms with Crippen molar-refractivity contribution in [1.82, 2.24) is 0 Å². The number of primary amides is 1. The van der Waals surface area contributed by atoms with Gasteiger partial charge in [-0.15, -0.1) is 0 Å². The van der Waals surface area contributed by atoms with Crippen molar-refractivity contribution >= 4 is 5.91 Å². The van der Waals surface area contributed by atoms with E-state index in [0.29, 0.717) is 6.61 Å². The number of amides is 1. The molecular weight excluding hydrogens is 206 g/mol. The minimum atomic E-state index is -0.449. The Bertz CT molecular complexity index is 228. The minimum Gasteiger partial charge on any atom is -0.379 e. The lowest BCUT2D eigenvalue weighted by molar-refractivity contribution is -0.127. The fraction of sp³-hybridized carbons (Fsp3) is 0.917. The molecule has 0 spiro atoms. The van der Waals surface area contributed by atoms with Gasteiger partial charge in [0.25, 0.3) is 0 Å². The number of carbonyl (C=O) groups is 1. The van der Waals surface area contributed by atoms with Gasteiger partial charge in [-0.25, -0.2) is 0 Å². The van der Waals surface area contributed by atoms with Crippen LogP contribution in [-0.2, 0) is 14.3 Å². The van der Waals surface area contributed by atoms with Gasteiger partial charge in [-0.05, 0) is 33.6 Å². The van der Waals surface area contributed by atoms with Gasteiger partial charge in [-0.1, -0.05) is 6.92 Å². The summed E-state index contributed by atoms with van der Waals surface area (Å²) >= 11 is 0. The Morgan fingerprint density at radius 3 is 2.25 bits per heavy atom. The van der Waals surface area contributed by atoms with Crippen LogP contribution in [0.4, 0.5) is 0 Å². The van der Waals surface area contributed by atoms with Crippen LogP contribution >= 0.6 is 0 Å². The van der Waals surface area contributed by atoms with Crippen LogP contribution in [0.3, 0.4) is 0 Å². The summed E-state index contributed by atoms with van der Waals surface area (Å²) in [6.45, 7) is 8.49. The van der Waals surface area contributed by atoms with E-state index in [4.69, 9.17) is 15.2 Å². The highest BCUT2D eigenvalue weighted by molar-refractivity contribution is 5.74. The van der Waals surface area contributed by atoms with Gasteiger partial charge >= 0.3 is 0 Å². The molecule has 0 bridgehead atoms. The second-order valence-electron chi connectivity index (χ2n) is 5.01. The number of methoxy groups -OCH3 is 1. The number of hydrogen-bond donors (Lipinski definition) is 1. The zero-order valence-corrected chi connectivity index (χ0v) is 11.1. The number of carbonyl (C=O) groups excluding carboxylic acids is 1. The van der Waals surface area contributed by atoms with Crippen LogP contribution in [0.5, 0.6) is 0 Å². The lowest BCUT2D eigenvalue weighted by atomic mass is 9.98. The quantitative estimate of drug-likeness (QED) is 0.693. The summed E-state index contributed by atoms with van der Waals surface area (Å²) < 4.78 is 11.0. The molecule has 16 heavy (non-hydrogen) atoms.